The first-order valence-corrected chi connectivity index (χ1v) is 16.5. The molecule has 2 bridgehead atoms. The summed E-state index contributed by atoms with van der Waals surface area (Å²) in [5, 5.41) is 20.8. The van der Waals surface area contributed by atoms with Crippen LogP contribution in [0.15, 0.2) is 42.4 Å². The molecule has 1 aromatic rings. The van der Waals surface area contributed by atoms with Crippen LogP contribution in [0.5, 0.6) is 0 Å². The van der Waals surface area contributed by atoms with E-state index in [0.717, 1.165) is 12.8 Å². The summed E-state index contributed by atoms with van der Waals surface area (Å²) in [4.78, 5) is 29.4. The van der Waals surface area contributed by atoms with Crippen molar-refractivity contribution in [1.29, 1.82) is 0 Å². The summed E-state index contributed by atoms with van der Waals surface area (Å²) in [7, 11) is 3.42. The third-order valence-electron chi connectivity index (χ3n) is 10.3. The van der Waals surface area contributed by atoms with E-state index in [4.69, 9.17) is 28.4 Å². The highest BCUT2D eigenvalue weighted by molar-refractivity contribution is 5.86. The van der Waals surface area contributed by atoms with Gasteiger partial charge < -0.3 is 43.2 Å². The second-order valence-electron chi connectivity index (χ2n) is 14.0. The molecule has 0 amide bonds. The van der Waals surface area contributed by atoms with Gasteiger partial charge in [0.1, 0.15) is 23.9 Å². The predicted octanol–water partition coefficient (Wildman–Crippen LogP) is 3.32. The summed E-state index contributed by atoms with van der Waals surface area (Å²) in [6, 6.07) is 0. The lowest BCUT2D eigenvalue weighted by molar-refractivity contribution is -0.277. The number of aliphatic hydroxyl groups excluding tert-OH is 2. The van der Waals surface area contributed by atoms with Crippen molar-refractivity contribution in [3.8, 4) is 0 Å². The molecule has 0 aromatic carbocycles. The number of carbonyl (C=O) groups is 2. The van der Waals surface area contributed by atoms with Gasteiger partial charge in [0.05, 0.1) is 25.2 Å². The molecule has 3 aliphatic heterocycles. The molecule has 1 aliphatic carbocycles. The van der Waals surface area contributed by atoms with E-state index in [-0.39, 0.29) is 25.0 Å². The van der Waals surface area contributed by atoms with Gasteiger partial charge in [0.15, 0.2) is 12.4 Å². The number of carbonyl (C=O) groups excluding carboxylic acids is 2. The predicted molar refractivity (Wildman–Crippen MR) is 170 cm³/mol. The molecule has 1 saturated heterocycles. The minimum absolute atomic E-state index is 0.0425. The van der Waals surface area contributed by atoms with Crippen LogP contribution in [0.4, 0.5) is 0 Å². The average Bonchev–Trinajstić information content (AvgIpc) is 3.61. The highest BCUT2D eigenvalue weighted by Gasteiger charge is 2.54. The van der Waals surface area contributed by atoms with E-state index in [2.05, 4.69) is 31.8 Å². The maximum Gasteiger partial charge on any atom is 0.331 e. The van der Waals surface area contributed by atoms with Gasteiger partial charge in [-0.3, -0.25) is 4.79 Å². The number of hydrogen-bond acceptors (Lipinski definition) is 11. The molecule has 2 N–H and O–H groups in total. The summed E-state index contributed by atoms with van der Waals surface area (Å²) in [6.07, 6.45) is 9.47. The van der Waals surface area contributed by atoms with Gasteiger partial charge >= 0.3 is 11.9 Å². The third-order valence-corrected chi connectivity index (χ3v) is 10.3. The molecule has 12 heteroatoms. The summed E-state index contributed by atoms with van der Waals surface area (Å²) >= 11 is 0. The van der Waals surface area contributed by atoms with Crippen molar-refractivity contribution in [2.45, 2.75) is 96.0 Å². The van der Waals surface area contributed by atoms with Crippen LogP contribution < -0.4 is 0 Å². The van der Waals surface area contributed by atoms with Crippen LogP contribution in [-0.2, 0) is 45.1 Å². The van der Waals surface area contributed by atoms with Crippen molar-refractivity contribution in [1.82, 2.24) is 9.55 Å². The van der Waals surface area contributed by atoms with Crippen LogP contribution in [-0.4, -0.2) is 94.1 Å². The zero-order valence-corrected chi connectivity index (χ0v) is 28.4. The maximum atomic E-state index is 13.3. The molecule has 0 unspecified atom stereocenters. The first kappa shape index (κ1) is 35.4. The van der Waals surface area contributed by atoms with Gasteiger partial charge in [-0.25, -0.2) is 9.78 Å². The fraction of sp³-hybridized carbons (Fsp3) is 0.686. The number of imidazole rings is 1. The zero-order valence-electron chi connectivity index (χ0n) is 28.4. The maximum absolute atomic E-state index is 13.3. The molecule has 260 valence electrons. The smallest absolute Gasteiger partial charge is 0.331 e. The molecule has 0 spiro atoms. The Hall–Kier alpha value is -2.87. The molecule has 47 heavy (non-hydrogen) atoms. The number of allylic oxidation sites excluding steroid dienone is 1. The quantitative estimate of drug-likeness (QED) is 0.229. The molecular formula is C35H50N2O10. The van der Waals surface area contributed by atoms with E-state index < -0.39 is 54.0 Å². The molecule has 0 radical (unpaired) electrons. The highest BCUT2D eigenvalue weighted by Crippen LogP contribution is 2.51. The second kappa shape index (κ2) is 14.3. The number of fused-ring (bicyclic) bond motifs is 3. The minimum Gasteiger partial charge on any atom is -0.456 e. The molecule has 1 saturated carbocycles. The first-order valence-electron chi connectivity index (χ1n) is 16.5. The standard InChI is InChI=1S/C35H50N2O10/c1-20(2)25-10-8-21(3)26-15-29(46-30(40)11-9-24-16-37(6)19-36-24)34(5)12-13-35(42-7,47-34)23(14-27(25)26)17-43-33-32(45-22(4)38)31(41)28(39)18-44-33/h9,11-14,16,19-21,25-29,31-33,39,41H,8,10,15,17-18H2,1-7H3/b11-9+,23-14-/t21-,25+,26-,27+,28+,29-,31+,32-,33+,34-,35+/m0/s1. The molecule has 4 aliphatic rings. The number of ether oxygens (including phenoxy) is 6. The normalized spacial score (nSPS) is 39.9. The third kappa shape index (κ3) is 7.58. The van der Waals surface area contributed by atoms with Crippen LogP contribution in [0.3, 0.4) is 0 Å². The van der Waals surface area contributed by atoms with E-state index in [0.29, 0.717) is 35.4 Å². The molecule has 4 heterocycles. The summed E-state index contributed by atoms with van der Waals surface area (Å²) in [5.74, 6) is -1.19. The van der Waals surface area contributed by atoms with Crippen molar-refractivity contribution in [2.24, 2.45) is 36.6 Å². The molecule has 5 rings (SSSR count). The second-order valence-corrected chi connectivity index (χ2v) is 14.0. The Morgan fingerprint density at radius 1 is 1.21 bits per heavy atom. The van der Waals surface area contributed by atoms with Gasteiger partial charge in [-0.15, -0.1) is 0 Å². The summed E-state index contributed by atoms with van der Waals surface area (Å²) in [5.41, 5.74) is 0.294. The van der Waals surface area contributed by atoms with Crippen molar-refractivity contribution in [3.63, 3.8) is 0 Å². The number of aromatic nitrogens is 2. The van der Waals surface area contributed by atoms with Gasteiger partial charge in [-0.2, -0.15) is 0 Å². The van der Waals surface area contributed by atoms with E-state index >= 15 is 0 Å². The fourth-order valence-corrected chi connectivity index (χ4v) is 7.62. The van der Waals surface area contributed by atoms with Gasteiger partial charge in [0.2, 0.25) is 5.79 Å². The molecule has 12 nitrogen and oxygen atoms in total. The Labute approximate surface area is 276 Å². The Bertz CT molecular complexity index is 1370. The Morgan fingerprint density at radius 2 is 1.98 bits per heavy atom. The lowest BCUT2D eigenvalue weighted by Crippen LogP contribution is -2.55. The Balaban J connectivity index is 1.48. The van der Waals surface area contributed by atoms with E-state index in [9.17, 15) is 19.8 Å². The van der Waals surface area contributed by atoms with Gasteiger partial charge in [0, 0.05) is 38.9 Å². The lowest BCUT2D eigenvalue weighted by Gasteiger charge is -2.45. The fourth-order valence-electron chi connectivity index (χ4n) is 7.62. The monoisotopic (exact) mass is 658 g/mol. The topological polar surface area (TPSA) is 148 Å². The lowest BCUT2D eigenvalue weighted by atomic mass is 9.61. The largest absolute Gasteiger partial charge is 0.456 e. The highest BCUT2D eigenvalue weighted by atomic mass is 16.7. The van der Waals surface area contributed by atoms with Crippen LogP contribution in [0.2, 0.25) is 0 Å². The number of hydrogen-bond donors (Lipinski definition) is 2. The average molecular weight is 659 g/mol. The number of esters is 2. The Kier molecular flexibility index (Phi) is 10.8. The first-order chi connectivity index (χ1) is 22.2. The number of aryl methyl sites for hydroxylation is 1. The molecular weight excluding hydrogens is 608 g/mol. The number of nitrogens with zero attached hydrogens (tertiary/aromatic N) is 2. The number of rotatable bonds is 9. The van der Waals surface area contributed by atoms with E-state index in [1.165, 1.54) is 13.0 Å². The molecule has 11 atom stereocenters. The van der Waals surface area contributed by atoms with Gasteiger partial charge in [0.25, 0.3) is 0 Å². The summed E-state index contributed by atoms with van der Waals surface area (Å²) < 4.78 is 38.2. The number of aliphatic hydroxyl groups is 2. The Morgan fingerprint density at radius 3 is 2.64 bits per heavy atom. The minimum atomic E-state index is -1.38. The van der Waals surface area contributed by atoms with E-state index in [1.807, 2.05) is 32.3 Å². The van der Waals surface area contributed by atoms with Crippen molar-refractivity contribution < 1.29 is 48.2 Å². The van der Waals surface area contributed by atoms with Crippen LogP contribution in [0.1, 0.15) is 59.6 Å². The van der Waals surface area contributed by atoms with Crippen molar-refractivity contribution >= 4 is 18.0 Å². The number of methoxy groups -OCH3 is 1. The molecule has 2 fully saturated rings. The van der Waals surface area contributed by atoms with Crippen molar-refractivity contribution in [2.75, 3.05) is 20.3 Å². The zero-order chi connectivity index (χ0) is 34.1. The van der Waals surface area contributed by atoms with Crippen LogP contribution in [0, 0.1) is 29.6 Å². The SMILES string of the molecule is CO[C@]12C=C[C@](C)(O1)[C@@H](OC(=O)/C=C/c1cn(C)cn1)C[C@@H]1[C@H](/C=C\2CO[C@@H]2OC[C@@H](O)[C@@H](O)[C@@H]2OC(C)=O)[C@@H](C(C)C)CC[C@@H]1C. The van der Waals surface area contributed by atoms with Crippen LogP contribution >= 0.6 is 0 Å². The van der Waals surface area contributed by atoms with E-state index in [1.54, 1.807) is 24.1 Å². The van der Waals surface area contributed by atoms with Gasteiger partial charge in [-0.1, -0.05) is 33.3 Å². The molecule has 1 aromatic heterocycles. The summed E-state index contributed by atoms with van der Waals surface area (Å²) in [6.45, 7) is 9.61. The van der Waals surface area contributed by atoms with Gasteiger partial charge in [-0.05, 0) is 67.6 Å². The van der Waals surface area contributed by atoms with Crippen LogP contribution in [0.25, 0.3) is 6.08 Å². The van der Waals surface area contributed by atoms with Crippen molar-refractivity contribution in [3.05, 3.63) is 48.1 Å².